The summed E-state index contributed by atoms with van der Waals surface area (Å²) in [4.78, 5) is 0. The van der Waals surface area contributed by atoms with E-state index in [1.165, 1.54) is 0 Å². The van der Waals surface area contributed by atoms with Gasteiger partial charge in [-0.15, -0.1) is 0 Å². The van der Waals surface area contributed by atoms with E-state index in [1.807, 2.05) is 0 Å². The second-order valence-corrected chi connectivity index (χ2v) is 0. The third kappa shape index (κ3) is 21.4. The Morgan fingerprint density at radius 2 is 1.00 bits per heavy atom. The van der Waals surface area contributed by atoms with Gasteiger partial charge in [0.15, 0.2) is 0 Å². The van der Waals surface area contributed by atoms with Gasteiger partial charge in [-0.1, -0.05) is 0 Å². The molecular weight excluding hydrogens is 283 g/mol. The van der Waals surface area contributed by atoms with Crippen LogP contribution in [0.15, 0.2) is 0 Å². The van der Waals surface area contributed by atoms with Crippen LogP contribution in [-0.4, -0.2) is 8.41 Å². The first-order valence-electron chi connectivity index (χ1n) is 0. The van der Waals surface area contributed by atoms with Crippen LogP contribution in [0.1, 0.15) is 0 Å². The van der Waals surface area contributed by atoms with Crippen molar-refractivity contribution in [2.45, 2.75) is 0 Å². The van der Waals surface area contributed by atoms with E-state index in [4.69, 9.17) is 0 Å². The van der Waals surface area contributed by atoms with Gasteiger partial charge in [0.25, 0.3) is 0 Å². The molecule has 0 fully saturated rings. The Morgan fingerprint density at radius 3 is 1.00 bits per heavy atom. The molecule has 0 aliphatic rings. The molecule has 0 nitrogen and oxygen atoms in total. The van der Waals surface area contributed by atoms with Crippen molar-refractivity contribution in [3.63, 3.8) is 0 Å². The van der Waals surface area contributed by atoms with Crippen molar-refractivity contribution >= 4 is 8.41 Å². The van der Waals surface area contributed by atoms with Crippen LogP contribution in [0.25, 0.3) is 0 Å². The van der Waals surface area contributed by atoms with E-state index in [1.54, 1.807) is 0 Å². The zero-order chi connectivity index (χ0) is 0. The number of hydrogen-bond acceptors (Lipinski definition) is 0. The first-order valence-corrected chi connectivity index (χ1v) is 0. The summed E-state index contributed by atoms with van der Waals surface area (Å²) in [5, 5.41) is 0. The van der Waals surface area contributed by atoms with E-state index in [-0.39, 0.29) is 83.1 Å². The zero-order valence-corrected chi connectivity index (χ0v) is 9.68. The molecule has 0 aromatic heterocycles. The third-order valence-corrected chi connectivity index (χ3v) is 0. The summed E-state index contributed by atoms with van der Waals surface area (Å²) in [6.45, 7) is 0. The normalized spacial score (nSPS) is 0. The van der Waals surface area contributed by atoms with E-state index in [9.17, 15) is 0 Å². The van der Waals surface area contributed by atoms with Crippen LogP contribution in [0.2, 0.25) is 0 Å². The largest absolute Gasteiger partial charge is 0 e. The van der Waals surface area contributed by atoms with Crippen LogP contribution in [0.4, 0.5) is 0 Å². The van der Waals surface area contributed by atoms with E-state index < -0.39 is 0 Å². The van der Waals surface area contributed by atoms with Gasteiger partial charge in [-0.2, -0.15) is 0 Å². The predicted octanol–water partition coefficient (Wildman–Crippen LogP) is -0.391. The minimum atomic E-state index is 0. The molecule has 0 unspecified atom stereocenters. The Morgan fingerprint density at radius 1 is 1.00 bits per heavy atom. The minimum Gasteiger partial charge on any atom is 0 e. The summed E-state index contributed by atoms with van der Waals surface area (Å²) < 4.78 is 0. The zero-order valence-electron chi connectivity index (χ0n) is 2.42. The SMILES string of the molecule is [B].[Fe].[Mn].[Mo].[Zn]. The van der Waals surface area contributed by atoms with Gasteiger partial charge in [-0.05, 0) is 0 Å². The van der Waals surface area contributed by atoms with Crippen molar-refractivity contribution in [1.29, 1.82) is 0 Å². The van der Waals surface area contributed by atoms with Gasteiger partial charge < -0.3 is 0 Å². The first kappa shape index (κ1) is 52.3. The molecule has 0 bridgehead atoms. The molecule has 26 valence electrons. The van der Waals surface area contributed by atoms with E-state index in [0.29, 0.717) is 0 Å². The molecular formula is BFeMnMoZn. The van der Waals surface area contributed by atoms with Crippen LogP contribution < -0.4 is 0 Å². The van der Waals surface area contributed by atoms with E-state index in [0.717, 1.165) is 0 Å². The quantitative estimate of drug-likeness (QED) is 0.531. The summed E-state index contributed by atoms with van der Waals surface area (Å²) >= 11 is 0. The second-order valence-electron chi connectivity index (χ2n) is 0. The Hall–Kier alpha value is 2.42. The molecule has 4 radical (unpaired) electrons. The van der Waals surface area contributed by atoms with Gasteiger partial charge in [-0.25, -0.2) is 0 Å². The molecule has 0 heterocycles. The van der Waals surface area contributed by atoms with Crippen LogP contribution >= 0.6 is 0 Å². The summed E-state index contributed by atoms with van der Waals surface area (Å²) in [6.07, 6.45) is 0. The van der Waals surface area contributed by atoms with Crippen LogP contribution in [-0.2, 0) is 74.7 Å². The Labute approximate surface area is 82.2 Å². The van der Waals surface area contributed by atoms with Crippen molar-refractivity contribution in [3.05, 3.63) is 0 Å². The first-order chi connectivity index (χ1) is 0. The van der Waals surface area contributed by atoms with Gasteiger partial charge in [0.05, 0.1) is 0 Å². The van der Waals surface area contributed by atoms with E-state index in [2.05, 4.69) is 0 Å². The van der Waals surface area contributed by atoms with Crippen LogP contribution in [0.3, 0.4) is 0 Å². The minimum absolute atomic E-state index is 0. The summed E-state index contributed by atoms with van der Waals surface area (Å²) in [5.74, 6) is 0. The standard InChI is InChI=1S/B.Fe.Mn.Mo.Zn. The predicted molar refractivity (Wildman–Crippen MR) is 5.75 cm³/mol. The molecule has 0 saturated carbocycles. The van der Waals surface area contributed by atoms with Gasteiger partial charge >= 0.3 is 0 Å². The van der Waals surface area contributed by atoms with Crippen molar-refractivity contribution in [2.24, 2.45) is 0 Å². The van der Waals surface area contributed by atoms with Crippen LogP contribution in [0, 0.1) is 0 Å². The molecule has 0 rings (SSSR count). The Bertz CT molecular complexity index is 11.6. The number of rotatable bonds is 0. The molecule has 0 atom stereocenters. The average Bonchev–Trinajstić information content (AvgIpc) is 0. The monoisotopic (exact) mass is 284 g/mol. The third-order valence-electron chi connectivity index (χ3n) is 0. The summed E-state index contributed by atoms with van der Waals surface area (Å²) in [5.41, 5.74) is 0. The van der Waals surface area contributed by atoms with Crippen molar-refractivity contribution in [2.75, 3.05) is 0 Å². The maximum atomic E-state index is 0. The van der Waals surface area contributed by atoms with Gasteiger partial charge in [-0.3, -0.25) is 0 Å². The molecule has 0 aromatic rings. The fraction of sp³-hybridized carbons (Fsp3) is 0. The molecule has 0 spiro atoms. The van der Waals surface area contributed by atoms with Crippen molar-refractivity contribution < 1.29 is 74.7 Å². The van der Waals surface area contributed by atoms with Crippen LogP contribution in [0.5, 0.6) is 0 Å². The van der Waals surface area contributed by atoms with Gasteiger partial charge in [0.1, 0.15) is 0 Å². The van der Waals surface area contributed by atoms with Crippen molar-refractivity contribution in [3.8, 4) is 0 Å². The summed E-state index contributed by atoms with van der Waals surface area (Å²) in [7, 11) is 0. The smallest absolute Gasteiger partial charge is 0 e. The molecule has 0 aliphatic heterocycles. The van der Waals surface area contributed by atoms with Gasteiger partial charge in [0, 0.05) is 83.1 Å². The topological polar surface area (TPSA) is 0 Å². The average molecular weight is 283 g/mol. The fourth-order valence-electron chi connectivity index (χ4n) is 0. The molecule has 0 saturated heterocycles. The molecule has 0 amide bonds. The van der Waals surface area contributed by atoms with E-state index >= 15 is 0 Å². The van der Waals surface area contributed by atoms with Gasteiger partial charge in [0.2, 0.25) is 0 Å². The second kappa shape index (κ2) is 32.2. The molecule has 5 heteroatoms. The maximum Gasteiger partial charge on any atom is 0 e. The molecule has 0 N–H and O–H groups in total. The summed E-state index contributed by atoms with van der Waals surface area (Å²) in [6, 6.07) is 0. The molecule has 0 aromatic carbocycles. The fourth-order valence-corrected chi connectivity index (χ4v) is 0. The van der Waals surface area contributed by atoms with Crippen molar-refractivity contribution in [1.82, 2.24) is 0 Å². The maximum absolute atomic E-state index is 0. The molecule has 5 heavy (non-hydrogen) atoms. The Kier molecular flexibility index (Phi) is 337. The number of hydrogen-bond donors (Lipinski definition) is 0. The Balaban J connectivity index is 0. The molecule has 0 aliphatic carbocycles.